The summed E-state index contributed by atoms with van der Waals surface area (Å²) in [6.07, 6.45) is 3.33. The van der Waals surface area contributed by atoms with Crippen LogP contribution in [0.4, 0.5) is 0 Å². The molecule has 0 radical (unpaired) electrons. The average Bonchev–Trinajstić information content (AvgIpc) is 3.03. The SMILES string of the molecule is COc1ccc(Cn2ncc3c(c(C=O)cn3C(C)C(=O)O)c2=O)cc1. The molecule has 0 saturated heterocycles. The first-order chi connectivity index (χ1) is 12.5. The number of rotatable bonds is 6. The van der Waals surface area contributed by atoms with E-state index < -0.39 is 17.6 Å². The summed E-state index contributed by atoms with van der Waals surface area (Å²) in [6.45, 7) is 1.69. The number of fused-ring (bicyclic) bond motifs is 1. The van der Waals surface area contributed by atoms with Crippen LogP contribution >= 0.6 is 0 Å². The Bertz CT molecular complexity index is 1030. The number of hydrogen-bond donors (Lipinski definition) is 1. The van der Waals surface area contributed by atoms with Gasteiger partial charge in [-0.15, -0.1) is 0 Å². The lowest BCUT2D eigenvalue weighted by Gasteiger charge is -2.10. The van der Waals surface area contributed by atoms with Gasteiger partial charge in [0.15, 0.2) is 6.29 Å². The quantitative estimate of drug-likeness (QED) is 0.675. The van der Waals surface area contributed by atoms with Gasteiger partial charge in [0.05, 0.1) is 30.8 Å². The summed E-state index contributed by atoms with van der Waals surface area (Å²) < 4.78 is 7.71. The lowest BCUT2D eigenvalue weighted by atomic mass is 10.2. The standard InChI is InChI=1S/C18H17N3O5/c1-11(18(24)25)20-9-13(10-22)16-15(20)7-19-21(17(16)23)8-12-3-5-14(26-2)6-4-12/h3-7,9-11H,8H2,1-2H3,(H,24,25). The summed E-state index contributed by atoms with van der Waals surface area (Å²) in [7, 11) is 1.57. The molecule has 1 unspecified atom stereocenters. The van der Waals surface area contributed by atoms with Crippen LogP contribution < -0.4 is 10.3 Å². The maximum absolute atomic E-state index is 12.8. The fourth-order valence-corrected chi connectivity index (χ4v) is 2.78. The first kappa shape index (κ1) is 17.4. The van der Waals surface area contributed by atoms with Gasteiger partial charge in [0.1, 0.15) is 11.8 Å². The highest BCUT2D eigenvalue weighted by Gasteiger charge is 2.21. The van der Waals surface area contributed by atoms with Crippen molar-refractivity contribution < 1.29 is 19.4 Å². The maximum Gasteiger partial charge on any atom is 0.326 e. The van der Waals surface area contributed by atoms with Crippen LogP contribution in [-0.2, 0) is 11.3 Å². The van der Waals surface area contributed by atoms with Crippen LogP contribution in [0.25, 0.3) is 10.9 Å². The molecule has 1 N–H and O–H groups in total. The van der Waals surface area contributed by atoms with Crippen molar-refractivity contribution in [2.45, 2.75) is 19.5 Å². The third-order valence-corrected chi connectivity index (χ3v) is 4.26. The van der Waals surface area contributed by atoms with E-state index in [-0.39, 0.29) is 17.5 Å². The number of carboxylic acid groups (broad SMARTS) is 1. The summed E-state index contributed by atoms with van der Waals surface area (Å²) >= 11 is 0. The molecule has 0 saturated carbocycles. The topological polar surface area (TPSA) is 103 Å². The van der Waals surface area contributed by atoms with E-state index in [2.05, 4.69) is 5.10 Å². The molecule has 0 fully saturated rings. The molecule has 3 aromatic rings. The number of carbonyl (C=O) groups is 2. The Balaban J connectivity index is 2.08. The zero-order valence-corrected chi connectivity index (χ0v) is 14.2. The number of carbonyl (C=O) groups excluding carboxylic acids is 1. The second kappa shape index (κ2) is 6.83. The maximum atomic E-state index is 12.8. The van der Waals surface area contributed by atoms with E-state index >= 15 is 0 Å². The van der Waals surface area contributed by atoms with Gasteiger partial charge in [-0.3, -0.25) is 9.59 Å². The molecule has 1 aromatic carbocycles. The molecular formula is C18H17N3O5. The van der Waals surface area contributed by atoms with Gasteiger partial charge in [-0.05, 0) is 24.6 Å². The number of carboxylic acids is 1. The fourth-order valence-electron chi connectivity index (χ4n) is 2.78. The van der Waals surface area contributed by atoms with Crippen LogP contribution in [0.15, 0.2) is 41.5 Å². The first-order valence-corrected chi connectivity index (χ1v) is 7.87. The Hall–Kier alpha value is -3.42. The molecule has 1 atom stereocenters. The van der Waals surface area contributed by atoms with Gasteiger partial charge in [-0.25, -0.2) is 9.48 Å². The van der Waals surface area contributed by atoms with E-state index in [1.807, 2.05) is 12.1 Å². The van der Waals surface area contributed by atoms with E-state index in [0.29, 0.717) is 17.6 Å². The van der Waals surface area contributed by atoms with Crippen molar-refractivity contribution in [2.24, 2.45) is 0 Å². The predicted molar refractivity (Wildman–Crippen MR) is 93.8 cm³/mol. The number of methoxy groups -OCH3 is 1. The van der Waals surface area contributed by atoms with Gasteiger partial charge in [0, 0.05) is 11.8 Å². The van der Waals surface area contributed by atoms with Gasteiger partial charge in [-0.1, -0.05) is 12.1 Å². The van der Waals surface area contributed by atoms with E-state index in [9.17, 15) is 19.5 Å². The third-order valence-electron chi connectivity index (χ3n) is 4.26. The number of nitrogens with zero attached hydrogens (tertiary/aromatic N) is 3. The zero-order valence-electron chi connectivity index (χ0n) is 14.2. The highest BCUT2D eigenvalue weighted by molar-refractivity contribution is 5.97. The molecule has 2 aromatic heterocycles. The van der Waals surface area contributed by atoms with E-state index in [1.165, 1.54) is 28.6 Å². The van der Waals surface area contributed by atoms with Crippen LogP contribution in [0.5, 0.6) is 5.75 Å². The van der Waals surface area contributed by atoms with Crippen molar-refractivity contribution in [2.75, 3.05) is 7.11 Å². The molecule has 0 aliphatic heterocycles. The number of benzene rings is 1. The Morgan fingerprint density at radius 2 is 2.04 bits per heavy atom. The van der Waals surface area contributed by atoms with Gasteiger partial charge in [-0.2, -0.15) is 5.10 Å². The first-order valence-electron chi connectivity index (χ1n) is 7.87. The Labute approximate surface area is 148 Å². The molecule has 0 bridgehead atoms. The number of hydrogen-bond acceptors (Lipinski definition) is 5. The largest absolute Gasteiger partial charge is 0.497 e. The third kappa shape index (κ3) is 2.97. The van der Waals surface area contributed by atoms with Crippen molar-refractivity contribution in [1.82, 2.24) is 14.3 Å². The minimum absolute atomic E-state index is 0.143. The molecule has 0 spiro atoms. The summed E-state index contributed by atoms with van der Waals surface area (Å²) in [6, 6.07) is 6.26. The predicted octanol–water partition coefficient (Wildman–Crippen LogP) is 1.71. The van der Waals surface area contributed by atoms with Crippen molar-refractivity contribution in [3.8, 4) is 5.75 Å². The van der Waals surface area contributed by atoms with Crippen LogP contribution in [0.3, 0.4) is 0 Å². The Kier molecular flexibility index (Phi) is 4.57. The molecule has 0 aliphatic carbocycles. The van der Waals surface area contributed by atoms with Crippen molar-refractivity contribution in [3.05, 3.63) is 58.1 Å². The Morgan fingerprint density at radius 3 is 2.62 bits per heavy atom. The number of aromatic nitrogens is 3. The second-order valence-corrected chi connectivity index (χ2v) is 5.84. The summed E-state index contributed by atoms with van der Waals surface area (Å²) in [5, 5.41) is 13.5. The smallest absolute Gasteiger partial charge is 0.326 e. The number of aliphatic carboxylic acids is 1. The summed E-state index contributed by atoms with van der Waals surface area (Å²) in [4.78, 5) is 35.4. The monoisotopic (exact) mass is 355 g/mol. The highest BCUT2D eigenvalue weighted by atomic mass is 16.5. The number of ether oxygens (including phenoxy) is 1. The van der Waals surface area contributed by atoms with E-state index in [0.717, 1.165) is 5.56 Å². The summed E-state index contributed by atoms with van der Waals surface area (Å²) in [5.41, 5.74) is 0.851. The van der Waals surface area contributed by atoms with Gasteiger partial charge in [0.2, 0.25) is 0 Å². The zero-order chi connectivity index (χ0) is 18.8. The molecule has 2 heterocycles. The van der Waals surface area contributed by atoms with E-state index in [1.54, 1.807) is 19.2 Å². The van der Waals surface area contributed by atoms with Crippen LogP contribution in [0, 0.1) is 0 Å². The Morgan fingerprint density at radius 1 is 1.35 bits per heavy atom. The molecule has 134 valence electrons. The fraction of sp³-hybridized carbons (Fsp3) is 0.222. The van der Waals surface area contributed by atoms with Crippen molar-refractivity contribution >= 4 is 23.2 Å². The molecule has 0 aliphatic rings. The van der Waals surface area contributed by atoms with E-state index in [4.69, 9.17) is 4.74 Å². The van der Waals surface area contributed by atoms with Gasteiger partial charge in [0.25, 0.3) is 5.56 Å². The molecule has 8 heteroatoms. The average molecular weight is 355 g/mol. The minimum atomic E-state index is -1.07. The second-order valence-electron chi connectivity index (χ2n) is 5.84. The van der Waals surface area contributed by atoms with Crippen LogP contribution in [-0.4, -0.2) is 38.8 Å². The molecule has 26 heavy (non-hydrogen) atoms. The molecule has 3 rings (SSSR count). The van der Waals surface area contributed by atoms with Gasteiger partial charge < -0.3 is 14.4 Å². The van der Waals surface area contributed by atoms with Gasteiger partial charge >= 0.3 is 5.97 Å². The molecule has 8 nitrogen and oxygen atoms in total. The normalized spacial score (nSPS) is 12.1. The molecule has 0 amide bonds. The van der Waals surface area contributed by atoms with Crippen LogP contribution in [0.1, 0.15) is 28.9 Å². The van der Waals surface area contributed by atoms with Crippen molar-refractivity contribution in [1.29, 1.82) is 0 Å². The lowest BCUT2D eigenvalue weighted by molar-refractivity contribution is -0.140. The highest BCUT2D eigenvalue weighted by Crippen LogP contribution is 2.21. The van der Waals surface area contributed by atoms with Crippen LogP contribution in [0.2, 0.25) is 0 Å². The lowest BCUT2D eigenvalue weighted by Crippen LogP contribution is -2.24. The summed E-state index contributed by atoms with van der Waals surface area (Å²) in [5.74, 6) is -0.366. The molecular weight excluding hydrogens is 338 g/mol. The minimum Gasteiger partial charge on any atom is -0.497 e. The number of aldehydes is 1. The van der Waals surface area contributed by atoms with Crippen molar-refractivity contribution in [3.63, 3.8) is 0 Å².